The van der Waals surface area contributed by atoms with Crippen LogP contribution in [-0.2, 0) is 6.42 Å². The first-order valence-electron chi connectivity index (χ1n) is 10.4. The van der Waals surface area contributed by atoms with Gasteiger partial charge >= 0.3 is 0 Å². The Morgan fingerprint density at radius 3 is 2.61 bits per heavy atom. The summed E-state index contributed by atoms with van der Waals surface area (Å²) in [6.45, 7) is 1.17. The molecule has 0 bridgehead atoms. The van der Waals surface area contributed by atoms with E-state index in [0.29, 0.717) is 29.9 Å². The lowest BCUT2D eigenvalue weighted by Gasteiger charge is -2.16. The average molecular weight is 474 g/mol. The van der Waals surface area contributed by atoms with Crippen LogP contribution in [0.25, 0.3) is 11.3 Å². The highest BCUT2D eigenvalue weighted by Gasteiger charge is 2.24. The highest BCUT2D eigenvalue weighted by molar-refractivity contribution is 6.31. The molecule has 4 rings (SSSR count). The molecule has 1 aliphatic heterocycles. The summed E-state index contributed by atoms with van der Waals surface area (Å²) in [5.41, 5.74) is 13.5. The average Bonchev–Trinajstić information content (AvgIpc) is 3.25. The maximum absolute atomic E-state index is 13.9. The number of carbonyl (C=O) groups excluding carboxylic acids is 1. The fourth-order valence-corrected chi connectivity index (χ4v) is 3.86. The molecule has 7 nitrogen and oxygen atoms in total. The number of nitrogens with two attached hydrogens (primary N) is 2. The second kappa shape index (κ2) is 9.68. The van der Waals surface area contributed by atoms with Crippen LogP contribution in [0.2, 0.25) is 5.02 Å². The Labute approximate surface area is 194 Å². The second-order valence-electron chi connectivity index (χ2n) is 7.74. The van der Waals surface area contributed by atoms with Crippen molar-refractivity contribution >= 4 is 23.3 Å². The molecule has 172 valence electrons. The van der Waals surface area contributed by atoms with E-state index in [1.807, 2.05) is 0 Å². The number of nitrogen functional groups attached to an aromatic ring is 1. The number of carbonyl (C=O) groups is 1. The van der Waals surface area contributed by atoms with Gasteiger partial charge in [0, 0.05) is 42.2 Å². The van der Waals surface area contributed by atoms with Crippen LogP contribution >= 0.6 is 11.6 Å². The smallest absolute Gasteiger partial charge is 0.257 e. The van der Waals surface area contributed by atoms with E-state index in [9.17, 15) is 13.6 Å². The molecule has 1 atom stereocenters. The fraction of sp³-hybridized carbons (Fsp3) is 0.261. The monoisotopic (exact) mass is 473 g/mol. The minimum Gasteiger partial charge on any atom is -0.475 e. The Bertz CT molecular complexity index is 1180. The Morgan fingerprint density at radius 1 is 1.18 bits per heavy atom. The number of hydrogen-bond donors (Lipinski definition) is 2. The highest BCUT2D eigenvalue weighted by atomic mass is 35.5. The number of amides is 1. The summed E-state index contributed by atoms with van der Waals surface area (Å²) in [6.07, 6.45) is 2.30. The van der Waals surface area contributed by atoms with E-state index in [1.165, 1.54) is 6.20 Å². The van der Waals surface area contributed by atoms with E-state index in [-0.39, 0.29) is 47.3 Å². The molecule has 0 radical (unpaired) electrons. The largest absolute Gasteiger partial charge is 0.475 e. The molecule has 1 fully saturated rings. The standard InChI is InChI=1S/C23H22ClF2N5O2/c24-20-16(17(25)5-6-18(20)26)8-10-33-22-21(28)29-11-19(30-22)13-1-3-14(4-2-13)23(32)31-9-7-15(27)12-31/h1-6,11,15H,7-10,12,27H2,(H2,28,29). The molecule has 2 heterocycles. The van der Waals surface area contributed by atoms with Gasteiger partial charge in [-0.05, 0) is 30.7 Å². The van der Waals surface area contributed by atoms with Crippen molar-refractivity contribution in [2.75, 3.05) is 25.4 Å². The highest BCUT2D eigenvalue weighted by Crippen LogP contribution is 2.26. The van der Waals surface area contributed by atoms with Crippen LogP contribution in [0.3, 0.4) is 0 Å². The molecule has 1 amide bonds. The van der Waals surface area contributed by atoms with Crippen molar-refractivity contribution in [2.45, 2.75) is 18.9 Å². The number of aromatic nitrogens is 2. The summed E-state index contributed by atoms with van der Waals surface area (Å²) < 4.78 is 33.1. The van der Waals surface area contributed by atoms with Crippen molar-refractivity contribution in [2.24, 2.45) is 5.73 Å². The van der Waals surface area contributed by atoms with Gasteiger partial charge in [0.15, 0.2) is 5.82 Å². The number of hydrogen-bond acceptors (Lipinski definition) is 6. The predicted octanol–water partition coefficient (Wildman–Crippen LogP) is 3.45. The van der Waals surface area contributed by atoms with Gasteiger partial charge in [0.25, 0.3) is 11.8 Å². The molecule has 1 saturated heterocycles. The van der Waals surface area contributed by atoms with Gasteiger partial charge in [0.2, 0.25) is 0 Å². The predicted molar refractivity (Wildman–Crippen MR) is 121 cm³/mol. The molecule has 33 heavy (non-hydrogen) atoms. The van der Waals surface area contributed by atoms with Gasteiger partial charge in [-0.1, -0.05) is 23.7 Å². The van der Waals surface area contributed by atoms with E-state index in [1.54, 1.807) is 29.2 Å². The Hall–Kier alpha value is -3.30. The summed E-state index contributed by atoms with van der Waals surface area (Å²) in [6, 6.07) is 8.95. The van der Waals surface area contributed by atoms with Crippen molar-refractivity contribution < 1.29 is 18.3 Å². The number of benzene rings is 2. The third kappa shape index (κ3) is 5.04. The summed E-state index contributed by atoms with van der Waals surface area (Å²) in [5, 5.41) is -0.281. The van der Waals surface area contributed by atoms with Crippen LogP contribution in [-0.4, -0.2) is 46.5 Å². The van der Waals surface area contributed by atoms with Gasteiger partial charge in [-0.15, -0.1) is 0 Å². The van der Waals surface area contributed by atoms with Gasteiger partial charge in [-0.2, -0.15) is 0 Å². The lowest BCUT2D eigenvalue weighted by molar-refractivity contribution is 0.0791. The lowest BCUT2D eigenvalue weighted by Crippen LogP contribution is -2.31. The van der Waals surface area contributed by atoms with Crippen LogP contribution in [0.5, 0.6) is 5.88 Å². The minimum atomic E-state index is -0.705. The van der Waals surface area contributed by atoms with Crippen LogP contribution in [0, 0.1) is 11.6 Å². The first-order valence-corrected chi connectivity index (χ1v) is 10.7. The fourth-order valence-electron chi connectivity index (χ4n) is 3.61. The molecule has 4 N–H and O–H groups in total. The molecule has 1 aromatic heterocycles. The number of ether oxygens (including phenoxy) is 1. The first-order chi connectivity index (χ1) is 15.8. The van der Waals surface area contributed by atoms with Crippen LogP contribution in [0.4, 0.5) is 14.6 Å². The molecular weight excluding hydrogens is 452 g/mol. The number of nitrogens with zero attached hydrogens (tertiary/aromatic N) is 3. The molecule has 0 spiro atoms. The van der Waals surface area contributed by atoms with Crippen molar-refractivity contribution in [3.8, 4) is 17.1 Å². The van der Waals surface area contributed by atoms with Crippen molar-refractivity contribution in [1.29, 1.82) is 0 Å². The molecule has 1 aliphatic rings. The molecule has 0 aliphatic carbocycles. The maximum Gasteiger partial charge on any atom is 0.257 e. The van der Waals surface area contributed by atoms with Crippen LogP contribution < -0.4 is 16.2 Å². The molecule has 3 aromatic rings. The molecular formula is C23H22ClF2N5O2. The van der Waals surface area contributed by atoms with Gasteiger partial charge in [-0.3, -0.25) is 4.79 Å². The van der Waals surface area contributed by atoms with Gasteiger partial charge in [-0.25, -0.2) is 18.7 Å². The van der Waals surface area contributed by atoms with Gasteiger partial charge in [0.05, 0.1) is 23.5 Å². The third-order valence-electron chi connectivity index (χ3n) is 5.44. The Kier molecular flexibility index (Phi) is 6.71. The summed E-state index contributed by atoms with van der Waals surface area (Å²) >= 11 is 5.84. The van der Waals surface area contributed by atoms with Crippen molar-refractivity contribution in [1.82, 2.24) is 14.9 Å². The molecule has 1 unspecified atom stereocenters. The zero-order chi connectivity index (χ0) is 23.5. The Morgan fingerprint density at radius 2 is 1.91 bits per heavy atom. The number of likely N-dealkylation sites (tertiary alicyclic amines) is 1. The van der Waals surface area contributed by atoms with Gasteiger partial charge in [0.1, 0.15) is 11.6 Å². The summed E-state index contributed by atoms with van der Waals surface area (Å²) in [4.78, 5) is 22.8. The zero-order valence-corrected chi connectivity index (χ0v) is 18.4. The number of halogens is 3. The van der Waals surface area contributed by atoms with E-state index in [0.717, 1.165) is 18.6 Å². The lowest BCUT2D eigenvalue weighted by atomic mass is 10.1. The van der Waals surface area contributed by atoms with E-state index in [4.69, 9.17) is 27.8 Å². The van der Waals surface area contributed by atoms with Gasteiger partial charge < -0.3 is 21.1 Å². The number of rotatable bonds is 6. The van der Waals surface area contributed by atoms with E-state index >= 15 is 0 Å². The molecule has 10 heteroatoms. The minimum absolute atomic E-state index is 0.0126. The van der Waals surface area contributed by atoms with Crippen LogP contribution in [0.15, 0.2) is 42.6 Å². The second-order valence-corrected chi connectivity index (χ2v) is 8.12. The summed E-state index contributed by atoms with van der Waals surface area (Å²) in [7, 11) is 0. The maximum atomic E-state index is 13.9. The SMILES string of the molecule is Nc1ncc(-c2ccc(C(=O)N3CCC(N)C3)cc2)nc1OCCc1c(F)ccc(F)c1Cl. The van der Waals surface area contributed by atoms with Crippen molar-refractivity contribution in [3.05, 3.63) is 70.4 Å². The van der Waals surface area contributed by atoms with Crippen molar-refractivity contribution in [3.63, 3.8) is 0 Å². The molecule has 0 saturated carbocycles. The summed E-state index contributed by atoms with van der Waals surface area (Å²) in [5.74, 6) is -1.27. The Balaban J connectivity index is 1.45. The van der Waals surface area contributed by atoms with E-state index in [2.05, 4.69) is 9.97 Å². The topological polar surface area (TPSA) is 107 Å². The zero-order valence-electron chi connectivity index (χ0n) is 17.6. The molecule has 2 aromatic carbocycles. The first kappa shape index (κ1) is 22.9. The third-order valence-corrected chi connectivity index (χ3v) is 5.84. The van der Waals surface area contributed by atoms with E-state index < -0.39 is 11.6 Å². The normalized spacial score (nSPS) is 15.6. The number of anilines is 1. The van der Waals surface area contributed by atoms with Crippen LogP contribution in [0.1, 0.15) is 22.3 Å². The quantitative estimate of drug-likeness (QED) is 0.531.